The van der Waals surface area contributed by atoms with Crippen LogP contribution >= 0.6 is 0 Å². The second kappa shape index (κ2) is 8.33. The predicted molar refractivity (Wildman–Crippen MR) is 99.8 cm³/mol. The molecule has 0 heterocycles. The molecule has 0 unspecified atom stereocenters. The predicted octanol–water partition coefficient (Wildman–Crippen LogP) is 4.00. The molecule has 132 valence electrons. The summed E-state index contributed by atoms with van der Waals surface area (Å²) >= 11 is 0. The Balaban J connectivity index is 1.92. The van der Waals surface area contributed by atoms with Crippen LogP contribution in [-0.4, -0.2) is 17.9 Å². The fourth-order valence-electron chi connectivity index (χ4n) is 2.11. The average molecular weight is 340 g/mol. The van der Waals surface area contributed by atoms with Crippen molar-refractivity contribution in [3.63, 3.8) is 0 Å². The highest BCUT2D eigenvalue weighted by atomic mass is 16.5. The van der Waals surface area contributed by atoms with E-state index in [2.05, 4.69) is 10.6 Å². The van der Waals surface area contributed by atoms with E-state index in [1.807, 2.05) is 45.0 Å². The van der Waals surface area contributed by atoms with Gasteiger partial charge in [0.1, 0.15) is 5.75 Å². The number of aryl methyl sites for hydroxylation is 1. The Hall–Kier alpha value is -2.82. The van der Waals surface area contributed by atoms with Crippen molar-refractivity contribution in [1.29, 1.82) is 0 Å². The summed E-state index contributed by atoms with van der Waals surface area (Å²) in [5.41, 5.74) is 2.41. The first-order valence-corrected chi connectivity index (χ1v) is 8.30. The van der Waals surface area contributed by atoms with Gasteiger partial charge in [-0.05, 0) is 55.8 Å². The maximum atomic E-state index is 12.2. The summed E-state index contributed by atoms with van der Waals surface area (Å²) in [5, 5.41) is 5.61. The Kier molecular flexibility index (Phi) is 6.17. The van der Waals surface area contributed by atoms with Gasteiger partial charge in [-0.1, -0.05) is 26.0 Å². The number of hydrogen-bond acceptors (Lipinski definition) is 3. The molecule has 2 N–H and O–H groups in total. The average Bonchev–Trinajstić information content (AvgIpc) is 2.56. The highest BCUT2D eigenvalue weighted by Crippen LogP contribution is 2.17. The maximum absolute atomic E-state index is 12.2. The monoisotopic (exact) mass is 340 g/mol. The molecule has 0 saturated heterocycles. The van der Waals surface area contributed by atoms with Crippen molar-refractivity contribution in [2.45, 2.75) is 33.8 Å². The van der Waals surface area contributed by atoms with Crippen molar-refractivity contribution in [3.05, 3.63) is 54.1 Å². The van der Waals surface area contributed by atoms with Crippen molar-refractivity contribution in [1.82, 2.24) is 0 Å². The molecule has 2 rings (SSSR count). The quantitative estimate of drug-likeness (QED) is 0.835. The van der Waals surface area contributed by atoms with E-state index in [0.717, 1.165) is 5.56 Å². The normalized spacial score (nSPS) is 11.7. The lowest BCUT2D eigenvalue weighted by molar-refractivity contribution is -0.122. The second-order valence-electron chi connectivity index (χ2n) is 6.29. The molecular weight excluding hydrogens is 316 g/mol. The van der Waals surface area contributed by atoms with Crippen LogP contribution in [0.25, 0.3) is 0 Å². The smallest absolute Gasteiger partial charge is 0.265 e. The Morgan fingerprint density at radius 2 is 1.44 bits per heavy atom. The van der Waals surface area contributed by atoms with E-state index >= 15 is 0 Å². The minimum atomic E-state index is -0.623. The molecule has 0 aliphatic heterocycles. The van der Waals surface area contributed by atoms with Crippen LogP contribution in [0.5, 0.6) is 5.75 Å². The van der Waals surface area contributed by atoms with Crippen LogP contribution in [0.2, 0.25) is 0 Å². The second-order valence-corrected chi connectivity index (χ2v) is 6.29. The number of ether oxygens (including phenoxy) is 1. The van der Waals surface area contributed by atoms with E-state index in [9.17, 15) is 9.59 Å². The molecule has 0 bridgehead atoms. The van der Waals surface area contributed by atoms with Crippen LogP contribution in [0, 0.1) is 12.8 Å². The van der Waals surface area contributed by atoms with E-state index < -0.39 is 6.10 Å². The van der Waals surface area contributed by atoms with Crippen LogP contribution < -0.4 is 15.4 Å². The molecule has 2 amide bonds. The minimum Gasteiger partial charge on any atom is -0.481 e. The molecule has 0 saturated carbocycles. The van der Waals surface area contributed by atoms with E-state index in [0.29, 0.717) is 17.1 Å². The van der Waals surface area contributed by atoms with Gasteiger partial charge in [-0.2, -0.15) is 0 Å². The van der Waals surface area contributed by atoms with Gasteiger partial charge in [-0.15, -0.1) is 0 Å². The molecule has 0 aliphatic rings. The van der Waals surface area contributed by atoms with Crippen LogP contribution in [0.4, 0.5) is 11.4 Å². The summed E-state index contributed by atoms with van der Waals surface area (Å²) in [6.07, 6.45) is -0.623. The maximum Gasteiger partial charge on any atom is 0.265 e. The third-order valence-corrected chi connectivity index (χ3v) is 3.62. The van der Waals surface area contributed by atoms with Crippen molar-refractivity contribution in [2.75, 3.05) is 10.6 Å². The highest BCUT2D eigenvalue weighted by molar-refractivity contribution is 5.95. The largest absolute Gasteiger partial charge is 0.481 e. The lowest BCUT2D eigenvalue weighted by atomic mass is 10.2. The standard InChI is InChI=1S/C20H24N2O3/c1-13(2)19(23)21-16-8-10-17(11-9-16)22-20(24)15(4)25-18-7-5-6-14(3)12-18/h5-13,15H,1-4H3,(H,21,23)(H,22,24)/t15-/m0/s1. The van der Waals surface area contributed by atoms with Crippen LogP contribution in [0.15, 0.2) is 48.5 Å². The Morgan fingerprint density at radius 3 is 1.96 bits per heavy atom. The number of anilines is 2. The van der Waals surface area contributed by atoms with Gasteiger partial charge >= 0.3 is 0 Å². The summed E-state index contributed by atoms with van der Waals surface area (Å²) in [7, 11) is 0. The van der Waals surface area contributed by atoms with Gasteiger partial charge in [-0.3, -0.25) is 9.59 Å². The SMILES string of the molecule is Cc1cccc(O[C@@H](C)C(=O)Nc2ccc(NC(=O)C(C)C)cc2)c1. The van der Waals surface area contributed by atoms with Crippen molar-refractivity contribution < 1.29 is 14.3 Å². The van der Waals surface area contributed by atoms with E-state index in [4.69, 9.17) is 4.74 Å². The number of nitrogens with one attached hydrogen (secondary N) is 2. The molecular formula is C20H24N2O3. The van der Waals surface area contributed by atoms with Gasteiger partial charge in [-0.25, -0.2) is 0 Å². The summed E-state index contributed by atoms with van der Waals surface area (Å²) < 4.78 is 5.66. The number of hydrogen-bond donors (Lipinski definition) is 2. The number of carbonyl (C=O) groups is 2. The molecule has 5 heteroatoms. The molecule has 0 aliphatic carbocycles. The van der Waals surface area contributed by atoms with Gasteiger partial charge < -0.3 is 15.4 Å². The van der Waals surface area contributed by atoms with Crippen molar-refractivity contribution in [3.8, 4) is 5.75 Å². The van der Waals surface area contributed by atoms with Crippen LogP contribution in [-0.2, 0) is 9.59 Å². The van der Waals surface area contributed by atoms with Gasteiger partial charge in [0.05, 0.1) is 0 Å². The number of carbonyl (C=O) groups excluding carboxylic acids is 2. The lowest BCUT2D eigenvalue weighted by Crippen LogP contribution is -2.30. The van der Waals surface area contributed by atoms with Gasteiger partial charge in [0.25, 0.3) is 5.91 Å². The molecule has 5 nitrogen and oxygen atoms in total. The van der Waals surface area contributed by atoms with E-state index in [-0.39, 0.29) is 17.7 Å². The van der Waals surface area contributed by atoms with E-state index in [1.54, 1.807) is 31.2 Å². The topological polar surface area (TPSA) is 67.4 Å². The number of rotatable bonds is 6. The zero-order chi connectivity index (χ0) is 18.4. The number of amides is 2. The molecule has 0 aromatic heterocycles. The Labute approximate surface area is 148 Å². The first kappa shape index (κ1) is 18.5. The fraction of sp³-hybridized carbons (Fsp3) is 0.300. The van der Waals surface area contributed by atoms with Crippen molar-refractivity contribution >= 4 is 23.2 Å². The molecule has 0 radical (unpaired) electrons. The molecule has 25 heavy (non-hydrogen) atoms. The van der Waals surface area contributed by atoms with E-state index in [1.165, 1.54) is 0 Å². The van der Waals surface area contributed by atoms with Crippen molar-refractivity contribution in [2.24, 2.45) is 5.92 Å². The third-order valence-electron chi connectivity index (χ3n) is 3.62. The lowest BCUT2D eigenvalue weighted by Gasteiger charge is -2.15. The molecule has 2 aromatic carbocycles. The Morgan fingerprint density at radius 1 is 0.880 bits per heavy atom. The van der Waals surface area contributed by atoms with Gasteiger partial charge in [0.15, 0.2) is 6.10 Å². The molecule has 1 atom stereocenters. The van der Waals surface area contributed by atoms with Gasteiger partial charge in [0, 0.05) is 17.3 Å². The van der Waals surface area contributed by atoms with Crippen LogP contribution in [0.3, 0.4) is 0 Å². The minimum absolute atomic E-state index is 0.0445. The molecule has 0 fully saturated rings. The molecule has 0 spiro atoms. The number of benzene rings is 2. The van der Waals surface area contributed by atoms with Gasteiger partial charge in [0.2, 0.25) is 5.91 Å². The highest BCUT2D eigenvalue weighted by Gasteiger charge is 2.15. The summed E-state index contributed by atoms with van der Waals surface area (Å²) in [5.74, 6) is 0.297. The zero-order valence-electron chi connectivity index (χ0n) is 15.0. The first-order valence-electron chi connectivity index (χ1n) is 8.30. The molecule has 2 aromatic rings. The first-order chi connectivity index (χ1) is 11.8. The third kappa shape index (κ3) is 5.64. The summed E-state index contributed by atoms with van der Waals surface area (Å²) in [4.78, 5) is 23.9. The summed E-state index contributed by atoms with van der Waals surface area (Å²) in [6, 6.07) is 14.6. The van der Waals surface area contributed by atoms with Crippen LogP contribution in [0.1, 0.15) is 26.3 Å². The zero-order valence-corrected chi connectivity index (χ0v) is 15.0. The summed E-state index contributed by atoms with van der Waals surface area (Å²) in [6.45, 7) is 7.34. The Bertz CT molecular complexity index is 739. The fourth-order valence-corrected chi connectivity index (χ4v) is 2.11.